The summed E-state index contributed by atoms with van der Waals surface area (Å²) in [5.74, 6) is 0.869. The van der Waals surface area contributed by atoms with Gasteiger partial charge in [0, 0.05) is 25.4 Å². The Morgan fingerprint density at radius 3 is 2.44 bits per heavy atom. The van der Waals surface area contributed by atoms with Gasteiger partial charge in [0.15, 0.2) is 5.16 Å². The SMILES string of the molecule is CC(C)Cn1c(CCC(N)=O)nnc1S[C@H](C)C(=O)NC1CCCCCC1. The van der Waals surface area contributed by atoms with Gasteiger partial charge in [0.2, 0.25) is 11.8 Å². The van der Waals surface area contributed by atoms with Gasteiger partial charge in [-0.2, -0.15) is 0 Å². The number of thioether (sulfide) groups is 1. The third-order valence-corrected chi connectivity index (χ3v) is 5.87. The third-order valence-electron chi connectivity index (χ3n) is 4.79. The second-order valence-electron chi connectivity index (χ2n) is 7.83. The van der Waals surface area contributed by atoms with Crippen LogP contribution < -0.4 is 11.1 Å². The maximum absolute atomic E-state index is 12.6. The highest BCUT2D eigenvalue weighted by atomic mass is 32.2. The summed E-state index contributed by atoms with van der Waals surface area (Å²) in [6.07, 6.45) is 7.79. The van der Waals surface area contributed by atoms with Crippen molar-refractivity contribution >= 4 is 23.6 Å². The number of nitrogens with one attached hydrogen (secondary N) is 1. The number of aryl methyl sites for hydroxylation is 1. The molecule has 152 valence electrons. The molecule has 1 aliphatic carbocycles. The van der Waals surface area contributed by atoms with Crippen LogP contribution in [0.25, 0.3) is 0 Å². The number of hydrogen-bond donors (Lipinski definition) is 2. The van der Waals surface area contributed by atoms with E-state index >= 15 is 0 Å². The molecule has 3 N–H and O–H groups in total. The van der Waals surface area contributed by atoms with E-state index in [1.165, 1.54) is 37.4 Å². The Kier molecular flexibility index (Phi) is 8.60. The van der Waals surface area contributed by atoms with E-state index in [4.69, 9.17) is 5.73 Å². The molecule has 0 unspecified atom stereocenters. The molecule has 0 aromatic carbocycles. The number of carbonyl (C=O) groups is 2. The molecule has 8 heteroatoms. The summed E-state index contributed by atoms with van der Waals surface area (Å²) in [6, 6.07) is 0.294. The maximum Gasteiger partial charge on any atom is 0.233 e. The van der Waals surface area contributed by atoms with Crippen molar-refractivity contribution in [2.45, 2.75) is 95.1 Å². The molecule has 1 aromatic heterocycles. The highest BCUT2D eigenvalue weighted by molar-refractivity contribution is 8.00. The largest absolute Gasteiger partial charge is 0.370 e. The lowest BCUT2D eigenvalue weighted by molar-refractivity contribution is -0.121. The Balaban J connectivity index is 2.01. The quantitative estimate of drug-likeness (QED) is 0.494. The molecule has 0 aliphatic heterocycles. The number of primary amides is 1. The first-order valence-electron chi connectivity index (χ1n) is 10.0. The predicted molar refractivity (Wildman–Crippen MR) is 107 cm³/mol. The van der Waals surface area contributed by atoms with E-state index in [1.807, 2.05) is 11.5 Å². The lowest BCUT2D eigenvalue weighted by Gasteiger charge is -2.19. The van der Waals surface area contributed by atoms with E-state index in [2.05, 4.69) is 29.4 Å². The minimum absolute atomic E-state index is 0.0599. The van der Waals surface area contributed by atoms with Crippen molar-refractivity contribution in [3.63, 3.8) is 0 Å². The van der Waals surface area contributed by atoms with E-state index in [0.29, 0.717) is 18.4 Å². The van der Waals surface area contributed by atoms with Gasteiger partial charge in [-0.3, -0.25) is 9.59 Å². The fourth-order valence-corrected chi connectivity index (χ4v) is 4.21. The summed E-state index contributed by atoms with van der Waals surface area (Å²) in [5, 5.41) is 12.2. The molecule has 0 radical (unpaired) electrons. The van der Waals surface area contributed by atoms with Crippen molar-refractivity contribution < 1.29 is 9.59 Å². The van der Waals surface area contributed by atoms with Gasteiger partial charge < -0.3 is 15.6 Å². The second-order valence-corrected chi connectivity index (χ2v) is 9.13. The van der Waals surface area contributed by atoms with Crippen LogP contribution in [0.2, 0.25) is 0 Å². The summed E-state index contributed by atoms with van der Waals surface area (Å²) in [5.41, 5.74) is 5.26. The van der Waals surface area contributed by atoms with Gasteiger partial charge in [-0.25, -0.2) is 0 Å². The lowest BCUT2D eigenvalue weighted by atomic mass is 10.1. The van der Waals surface area contributed by atoms with Crippen LogP contribution in [0.1, 0.15) is 71.5 Å². The molecule has 1 atom stereocenters. The van der Waals surface area contributed by atoms with Crippen LogP contribution >= 0.6 is 11.8 Å². The standard InChI is InChI=1S/C19H33N5O2S/c1-13(2)12-24-17(11-10-16(20)25)22-23-19(24)27-14(3)18(26)21-15-8-6-4-5-7-9-15/h13-15H,4-12H2,1-3H3,(H2,20,25)(H,21,26)/t14-/m1/s1. The Morgan fingerprint density at radius 2 is 1.85 bits per heavy atom. The molecule has 0 spiro atoms. The van der Waals surface area contributed by atoms with Crippen LogP contribution in [0.3, 0.4) is 0 Å². The normalized spacial score (nSPS) is 16.9. The van der Waals surface area contributed by atoms with Crippen molar-refractivity contribution in [3.8, 4) is 0 Å². The van der Waals surface area contributed by atoms with Crippen LogP contribution in [0.15, 0.2) is 5.16 Å². The molecule has 1 fully saturated rings. The van der Waals surface area contributed by atoms with E-state index in [9.17, 15) is 9.59 Å². The molecular weight excluding hydrogens is 362 g/mol. The number of rotatable bonds is 9. The molecule has 7 nitrogen and oxygen atoms in total. The van der Waals surface area contributed by atoms with Crippen molar-refractivity contribution in [2.24, 2.45) is 11.7 Å². The molecule has 1 heterocycles. The summed E-state index contributed by atoms with van der Waals surface area (Å²) in [7, 11) is 0. The summed E-state index contributed by atoms with van der Waals surface area (Å²) in [4.78, 5) is 23.7. The number of hydrogen-bond acceptors (Lipinski definition) is 5. The van der Waals surface area contributed by atoms with Gasteiger partial charge in [-0.1, -0.05) is 51.3 Å². The van der Waals surface area contributed by atoms with Gasteiger partial charge in [0.05, 0.1) is 5.25 Å². The van der Waals surface area contributed by atoms with E-state index in [1.54, 1.807) is 0 Å². The molecule has 2 rings (SSSR count). The van der Waals surface area contributed by atoms with E-state index in [0.717, 1.165) is 30.4 Å². The van der Waals surface area contributed by atoms with Crippen LogP contribution in [0.4, 0.5) is 0 Å². The number of nitrogens with zero attached hydrogens (tertiary/aromatic N) is 3. The molecule has 1 saturated carbocycles. The average Bonchev–Trinajstić information content (AvgIpc) is 2.80. The highest BCUT2D eigenvalue weighted by Crippen LogP contribution is 2.25. The molecule has 2 amide bonds. The van der Waals surface area contributed by atoms with Crippen LogP contribution in [-0.2, 0) is 22.6 Å². The molecule has 1 aliphatic rings. The third kappa shape index (κ3) is 7.16. The number of aromatic nitrogens is 3. The smallest absolute Gasteiger partial charge is 0.233 e. The Labute approximate surface area is 166 Å². The van der Waals surface area contributed by atoms with Crippen LogP contribution in [0.5, 0.6) is 0 Å². The highest BCUT2D eigenvalue weighted by Gasteiger charge is 2.23. The van der Waals surface area contributed by atoms with Crippen molar-refractivity contribution in [2.75, 3.05) is 0 Å². The van der Waals surface area contributed by atoms with Crippen molar-refractivity contribution in [3.05, 3.63) is 5.82 Å². The minimum Gasteiger partial charge on any atom is -0.370 e. The molecule has 0 bridgehead atoms. The van der Waals surface area contributed by atoms with Gasteiger partial charge >= 0.3 is 0 Å². The molecule has 27 heavy (non-hydrogen) atoms. The molecule has 1 aromatic rings. The first kappa shape index (κ1) is 21.7. The molecule has 0 saturated heterocycles. The fourth-order valence-electron chi connectivity index (χ4n) is 3.33. The van der Waals surface area contributed by atoms with Gasteiger partial charge in [0.1, 0.15) is 5.82 Å². The van der Waals surface area contributed by atoms with E-state index < -0.39 is 0 Å². The molecular formula is C19H33N5O2S. The average molecular weight is 396 g/mol. The minimum atomic E-state index is -0.348. The summed E-state index contributed by atoms with van der Waals surface area (Å²) < 4.78 is 2.02. The van der Waals surface area contributed by atoms with E-state index in [-0.39, 0.29) is 23.5 Å². The Morgan fingerprint density at radius 1 is 1.19 bits per heavy atom. The van der Waals surface area contributed by atoms with Crippen LogP contribution in [-0.4, -0.2) is 37.9 Å². The summed E-state index contributed by atoms with van der Waals surface area (Å²) in [6.45, 7) is 6.90. The zero-order valence-electron chi connectivity index (χ0n) is 16.7. The number of nitrogens with two attached hydrogens (primary N) is 1. The van der Waals surface area contributed by atoms with Gasteiger partial charge in [-0.05, 0) is 25.7 Å². The number of amides is 2. The Bertz CT molecular complexity index is 624. The fraction of sp³-hybridized carbons (Fsp3) is 0.789. The van der Waals surface area contributed by atoms with Crippen molar-refractivity contribution in [1.29, 1.82) is 0 Å². The zero-order chi connectivity index (χ0) is 19.8. The van der Waals surface area contributed by atoms with Gasteiger partial charge in [0.25, 0.3) is 0 Å². The monoisotopic (exact) mass is 395 g/mol. The number of carbonyl (C=O) groups excluding carboxylic acids is 2. The van der Waals surface area contributed by atoms with Gasteiger partial charge in [-0.15, -0.1) is 10.2 Å². The first-order chi connectivity index (χ1) is 12.9. The first-order valence-corrected chi connectivity index (χ1v) is 10.9. The summed E-state index contributed by atoms with van der Waals surface area (Å²) >= 11 is 1.43. The van der Waals surface area contributed by atoms with Crippen LogP contribution in [0, 0.1) is 5.92 Å². The lowest BCUT2D eigenvalue weighted by Crippen LogP contribution is -2.39. The second kappa shape index (κ2) is 10.7. The predicted octanol–water partition coefficient (Wildman–Crippen LogP) is 2.67. The zero-order valence-corrected chi connectivity index (χ0v) is 17.6. The van der Waals surface area contributed by atoms with Crippen molar-refractivity contribution in [1.82, 2.24) is 20.1 Å². The maximum atomic E-state index is 12.6. The topological polar surface area (TPSA) is 103 Å². The Hall–Kier alpha value is -1.57.